The number of benzene rings is 2. The smallest absolute Gasteiger partial charge is 0.416 e. The van der Waals surface area contributed by atoms with Crippen molar-refractivity contribution in [3.8, 4) is 16.9 Å². The van der Waals surface area contributed by atoms with Crippen molar-refractivity contribution in [3.05, 3.63) is 64.7 Å². The number of hydrogen-bond donors (Lipinski definition) is 2. The molecule has 0 saturated heterocycles. The number of aliphatic hydroxyl groups excluding tert-OH is 1. The van der Waals surface area contributed by atoms with Gasteiger partial charge in [0.05, 0.1) is 12.7 Å². The van der Waals surface area contributed by atoms with Gasteiger partial charge in [-0.3, -0.25) is 5.32 Å². The van der Waals surface area contributed by atoms with Crippen molar-refractivity contribution in [1.82, 2.24) is 5.32 Å². The van der Waals surface area contributed by atoms with Crippen molar-refractivity contribution >= 4 is 11.6 Å². The van der Waals surface area contributed by atoms with E-state index in [9.17, 15) is 18.3 Å². The molecule has 1 aliphatic heterocycles. The van der Waals surface area contributed by atoms with Gasteiger partial charge < -0.3 is 9.84 Å². The van der Waals surface area contributed by atoms with Crippen LogP contribution in [0.1, 0.15) is 16.7 Å². The Balaban J connectivity index is 1.87. The van der Waals surface area contributed by atoms with Crippen LogP contribution in [-0.2, 0) is 6.18 Å². The third-order valence-electron chi connectivity index (χ3n) is 4.70. The van der Waals surface area contributed by atoms with Crippen LogP contribution in [0.4, 0.5) is 13.2 Å². The van der Waals surface area contributed by atoms with Crippen molar-refractivity contribution in [2.24, 2.45) is 0 Å². The van der Waals surface area contributed by atoms with E-state index in [-0.39, 0.29) is 0 Å². The van der Waals surface area contributed by atoms with Gasteiger partial charge in [-0.2, -0.15) is 13.2 Å². The van der Waals surface area contributed by atoms with E-state index in [2.05, 4.69) is 5.32 Å². The fraction of sp³-hybridized carbons (Fsp3) is 0.200. The molecule has 0 saturated carbocycles. The van der Waals surface area contributed by atoms with Gasteiger partial charge in [0.15, 0.2) is 0 Å². The minimum atomic E-state index is -4.37. The fourth-order valence-electron chi connectivity index (χ4n) is 3.45. The third-order valence-corrected chi connectivity index (χ3v) is 4.70. The van der Waals surface area contributed by atoms with Crippen molar-refractivity contribution < 1.29 is 23.0 Å². The second-order valence-electron chi connectivity index (χ2n) is 6.24. The molecule has 2 aromatic rings. The van der Waals surface area contributed by atoms with E-state index >= 15 is 0 Å². The highest BCUT2D eigenvalue weighted by Crippen LogP contribution is 2.45. The number of fused-ring (bicyclic) bond motifs is 3. The maximum atomic E-state index is 12.9. The summed E-state index contributed by atoms with van der Waals surface area (Å²) in [6.45, 7) is 0.520. The lowest BCUT2D eigenvalue weighted by molar-refractivity contribution is -0.137. The SMILES string of the molecule is COc1cc2c(c(-c3ccc(C(F)(F)F)cc3)c1)C1=CCNC(O)C1=C2. The zero-order valence-corrected chi connectivity index (χ0v) is 13.9. The summed E-state index contributed by atoms with van der Waals surface area (Å²) in [4.78, 5) is 0. The summed E-state index contributed by atoms with van der Waals surface area (Å²) < 4.78 is 43.9. The average molecular weight is 359 g/mol. The highest BCUT2D eigenvalue weighted by molar-refractivity contribution is 6.01. The zero-order chi connectivity index (χ0) is 18.5. The Morgan fingerprint density at radius 3 is 2.54 bits per heavy atom. The topological polar surface area (TPSA) is 41.5 Å². The Bertz CT molecular complexity index is 927. The molecule has 0 bridgehead atoms. The number of alkyl halides is 3. The first kappa shape index (κ1) is 16.9. The number of halogens is 3. The maximum Gasteiger partial charge on any atom is 0.416 e. The lowest BCUT2D eigenvalue weighted by Crippen LogP contribution is -2.33. The van der Waals surface area contributed by atoms with Crippen molar-refractivity contribution in [2.75, 3.05) is 13.7 Å². The average Bonchev–Trinajstić information content (AvgIpc) is 3.00. The number of ether oxygens (including phenoxy) is 1. The molecule has 0 fully saturated rings. The summed E-state index contributed by atoms with van der Waals surface area (Å²) >= 11 is 0. The summed E-state index contributed by atoms with van der Waals surface area (Å²) in [6.07, 6.45) is -1.28. The Kier molecular flexibility index (Phi) is 3.89. The molecule has 1 unspecified atom stereocenters. The van der Waals surface area contributed by atoms with Crippen LogP contribution in [-0.4, -0.2) is 25.0 Å². The molecule has 1 atom stereocenters. The predicted molar refractivity (Wildman–Crippen MR) is 93.4 cm³/mol. The second kappa shape index (κ2) is 6.00. The van der Waals surface area contributed by atoms with Crippen LogP contribution in [0.3, 0.4) is 0 Å². The molecule has 0 spiro atoms. The molecule has 26 heavy (non-hydrogen) atoms. The Morgan fingerprint density at radius 2 is 1.88 bits per heavy atom. The molecular weight excluding hydrogens is 343 g/mol. The summed E-state index contributed by atoms with van der Waals surface area (Å²) in [7, 11) is 1.54. The van der Waals surface area contributed by atoms with E-state index in [1.54, 1.807) is 7.11 Å². The van der Waals surface area contributed by atoms with Gasteiger partial charge in [0.25, 0.3) is 0 Å². The van der Waals surface area contributed by atoms with Gasteiger partial charge >= 0.3 is 6.18 Å². The largest absolute Gasteiger partial charge is 0.497 e. The minimum absolute atomic E-state index is 0.520. The maximum absolute atomic E-state index is 12.9. The van der Waals surface area contributed by atoms with Crippen molar-refractivity contribution in [2.45, 2.75) is 12.4 Å². The second-order valence-corrected chi connectivity index (χ2v) is 6.24. The van der Waals surface area contributed by atoms with E-state index in [4.69, 9.17) is 4.74 Å². The molecule has 0 amide bonds. The van der Waals surface area contributed by atoms with E-state index in [0.717, 1.165) is 40.0 Å². The molecule has 6 heteroatoms. The van der Waals surface area contributed by atoms with Gasteiger partial charge in [0, 0.05) is 12.1 Å². The van der Waals surface area contributed by atoms with Crippen LogP contribution in [0.25, 0.3) is 22.8 Å². The molecule has 2 N–H and O–H groups in total. The molecule has 3 nitrogen and oxygen atoms in total. The van der Waals surface area contributed by atoms with E-state index in [1.165, 1.54) is 12.1 Å². The molecule has 4 rings (SSSR count). The molecule has 134 valence electrons. The van der Waals surface area contributed by atoms with Gasteiger partial charge in [-0.25, -0.2) is 0 Å². The van der Waals surface area contributed by atoms with Crippen LogP contribution in [0, 0.1) is 0 Å². The molecule has 0 radical (unpaired) electrons. The third kappa shape index (κ3) is 2.71. The number of aliphatic hydroxyl groups is 1. The summed E-state index contributed by atoms with van der Waals surface area (Å²) in [5, 5.41) is 13.1. The molecule has 0 aromatic heterocycles. The minimum Gasteiger partial charge on any atom is -0.497 e. The summed E-state index contributed by atoms with van der Waals surface area (Å²) in [6, 6.07) is 8.77. The van der Waals surface area contributed by atoms with E-state index in [0.29, 0.717) is 17.9 Å². The van der Waals surface area contributed by atoms with Crippen molar-refractivity contribution in [1.29, 1.82) is 0 Å². The number of nitrogens with one attached hydrogen (secondary N) is 1. The normalized spacial score (nSPS) is 18.7. The van der Waals surface area contributed by atoms with Crippen LogP contribution < -0.4 is 10.1 Å². The molecule has 1 aliphatic carbocycles. The molecule has 2 aromatic carbocycles. The predicted octanol–water partition coefficient (Wildman–Crippen LogP) is 4.08. The van der Waals surface area contributed by atoms with Gasteiger partial charge in [-0.05, 0) is 58.2 Å². The quantitative estimate of drug-likeness (QED) is 0.849. The van der Waals surface area contributed by atoms with Crippen LogP contribution in [0.15, 0.2) is 48.0 Å². The highest BCUT2D eigenvalue weighted by Gasteiger charge is 2.31. The lowest BCUT2D eigenvalue weighted by Gasteiger charge is -2.22. The summed E-state index contributed by atoms with van der Waals surface area (Å²) in [5.74, 6) is 0.609. The highest BCUT2D eigenvalue weighted by atomic mass is 19.4. The van der Waals surface area contributed by atoms with Crippen LogP contribution in [0.2, 0.25) is 0 Å². The van der Waals surface area contributed by atoms with Gasteiger partial charge in [-0.1, -0.05) is 18.2 Å². The van der Waals surface area contributed by atoms with E-state index < -0.39 is 18.0 Å². The molecular formula is C20H16F3NO2. The molecule has 1 heterocycles. The fourth-order valence-corrected chi connectivity index (χ4v) is 3.45. The molecule has 2 aliphatic rings. The first-order chi connectivity index (χ1) is 12.4. The van der Waals surface area contributed by atoms with Gasteiger partial charge in [-0.15, -0.1) is 0 Å². The van der Waals surface area contributed by atoms with Crippen LogP contribution >= 0.6 is 0 Å². The van der Waals surface area contributed by atoms with Crippen molar-refractivity contribution in [3.63, 3.8) is 0 Å². The Hall–Kier alpha value is -2.57. The first-order valence-electron chi connectivity index (χ1n) is 8.12. The lowest BCUT2D eigenvalue weighted by atomic mass is 9.90. The number of hydrogen-bond acceptors (Lipinski definition) is 3. The van der Waals surface area contributed by atoms with Gasteiger partial charge in [0.2, 0.25) is 0 Å². The Morgan fingerprint density at radius 1 is 1.15 bits per heavy atom. The van der Waals surface area contributed by atoms with Crippen LogP contribution in [0.5, 0.6) is 5.75 Å². The monoisotopic (exact) mass is 359 g/mol. The standard InChI is InChI=1S/C20H16F3NO2/c1-26-14-8-12-9-17-15(6-7-24-19(17)25)18(12)16(10-14)11-2-4-13(5-3-11)20(21,22)23/h2-6,8-10,19,24-25H,7H2,1H3. The first-order valence-corrected chi connectivity index (χ1v) is 8.12. The number of rotatable bonds is 2. The summed E-state index contributed by atoms with van der Waals surface area (Å²) in [5.41, 5.74) is 4.20. The number of methoxy groups -OCH3 is 1. The Labute approximate surface area is 148 Å². The zero-order valence-electron chi connectivity index (χ0n) is 13.9. The van der Waals surface area contributed by atoms with E-state index in [1.807, 2.05) is 24.3 Å². The van der Waals surface area contributed by atoms with Gasteiger partial charge in [0.1, 0.15) is 12.0 Å².